The third kappa shape index (κ3) is 4.28. The van der Waals surface area contributed by atoms with E-state index in [1.807, 2.05) is 60.7 Å². The second-order valence-electron chi connectivity index (χ2n) is 7.45. The van der Waals surface area contributed by atoms with Crippen molar-refractivity contribution in [2.75, 3.05) is 21.3 Å². The molecule has 0 bridgehead atoms. The molecule has 6 nitrogen and oxygen atoms in total. The summed E-state index contributed by atoms with van der Waals surface area (Å²) in [5.74, 6) is 0.920. The number of phenols is 1. The summed E-state index contributed by atoms with van der Waals surface area (Å²) in [4.78, 5) is 13.4. The molecule has 4 rings (SSSR count). The minimum absolute atomic E-state index is 0.104. The maximum atomic E-state index is 13.4. The van der Waals surface area contributed by atoms with Crippen molar-refractivity contribution in [3.63, 3.8) is 0 Å². The van der Waals surface area contributed by atoms with E-state index in [2.05, 4.69) is 5.32 Å². The number of carbonyl (C=O) groups excluding carboxylic acids is 1. The number of aromatic hydroxyl groups is 1. The van der Waals surface area contributed by atoms with E-state index >= 15 is 0 Å². The van der Waals surface area contributed by atoms with Gasteiger partial charge in [0.15, 0.2) is 11.5 Å². The smallest absolute Gasteiger partial charge is 0.252 e. The predicted molar refractivity (Wildman–Crippen MR) is 127 cm³/mol. The van der Waals surface area contributed by atoms with Crippen molar-refractivity contribution in [2.45, 2.75) is 6.04 Å². The number of hydrogen-bond acceptors (Lipinski definition) is 5. The molecule has 1 amide bonds. The highest BCUT2D eigenvalue weighted by molar-refractivity contribution is 5.97. The fourth-order valence-corrected chi connectivity index (χ4v) is 3.98. The third-order valence-electron chi connectivity index (χ3n) is 5.57. The van der Waals surface area contributed by atoms with Gasteiger partial charge in [-0.25, -0.2) is 0 Å². The number of rotatable bonds is 7. The van der Waals surface area contributed by atoms with E-state index in [0.717, 1.165) is 16.3 Å². The first-order valence-corrected chi connectivity index (χ1v) is 10.4. The van der Waals surface area contributed by atoms with Crippen molar-refractivity contribution in [3.05, 3.63) is 95.6 Å². The van der Waals surface area contributed by atoms with Gasteiger partial charge in [0.05, 0.1) is 27.4 Å². The summed E-state index contributed by atoms with van der Waals surface area (Å²) in [7, 11) is 4.51. The molecule has 0 saturated carbocycles. The fourth-order valence-electron chi connectivity index (χ4n) is 3.98. The highest BCUT2D eigenvalue weighted by atomic mass is 16.5. The van der Waals surface area contributed by atoms with E-state index in [0.29, 0.717) is 28.4 Å². The number of fused-ring (bicyclic) bond motifs is 1. The normalized spacial score (nSPS) is 11.6. The number of nitrogens with one attached hydrogen (secondary N) is 1. The zero-order valence-corrected chi connectivity index (χ0v) is 18.7. The fraction of sp³-hybridized carbons (Fsp3) is 0.148. The van der Waals surface area contributed by atoms with Gasteiger partial charge in [-0.2, -0.15) is 0 Å². The lowest BCUT2D eigenvalue weighted by molar-refractivity contribution is 0.0942. The highest BCUT2D eigenvalue weighted by Gasteiger charge is 2.24. The Morgan fingerprint density at radius 2 is 1.45 bits per heavy atom. The monoisotopic (exact) mass is 443 g/mol. The quantitative estimate of drug-likeness (QED) is 0.416. The SMILES string of the molecule is COc1cc(C(=O)NC(c2ccccc2)c2c(O)ccc3ccccc23)cc(OC)c1OC. The summed E-state index contributed by atoms with van der Waals surface area (Å²) in [6, 6.07) is 23.4. The summed E-state index contributed by atoms with van der Waals surface area (Å²) in [6.07, 6.45) is 0. The molecule has 0 saturated heterocycles. The minimum Gasteiger partial charge on any atom is -0.508 e. The Morgan fingerprint density at radius 3 is 2.09 bits per heavy atom. The number of phenolic OH excluding ortho intramolecular Hbond substituents is 1. The number of carbonyl (C=O) groups is 1. The van der Waals surface area contributed by atoms with Gasteiger partial charge in [0, 0.05) is 11.1 Å². The largest absolute Gasteiger partial charge is 0.508 e. The van der Waals surface area contributed by atoms with Crippen LogP contribution in [0.2, 0.25) is 0 Å². The van der Waals surface area contributed by atoms with Crippen LogP contribution in [0.4, 0.5) is 0 Å². The first kappa shape index (κ1) is 22.0. The minimum atomic E-state index is -0.594. The van der Waals surface area contributed by atoms with Gasteiger partial charge in [0.25, 0.3) is 5.91 Å². The van der Waals surface area contributed by atoms with Crippen LogP contribution in [-0.4, -0.2) is 32.3 Å². The Labute approximate surface area is 192 Å². The molecule has 0 aliphatic heterocycles. The van der Waals surface area contributed by atoms with Gasteiger partial charge in [-0.05, 0) is 34.5 Å². The maximum Gasteiger partial charge on any atom is 0.252 e. The Bertz CT molecular complexity index is 1260. The zero-order valence-electron chi connectivity index (χ0n) is 18.7. The predicted octanol–water partition coefficient (Wildman–Crippen LogP) is 5.09. The number of ether oxygens (including phenoxy) is 3. The Balaban J connectivity index is 1.82. The van der Waals surface area contributed by atoms with Crippen molar-refractivity contribution in [1.82, 2.24) is 5.32 Å². The number of benzene rings is 4. The number of hydrogen-bond donors (Lipinski definition) is 2. The van der Waals surface area contributed by atoms with Crippen LogP contribution in [0.3, 0.4) is 0 Å². The van der Waals surface area contributed by atoms with E-state index < -0.39 is 6.04 Å². The van der Waals surface area contributed by atoms with Gasteiger partial charge in [-0.3, -0.25) is 4.79 Å². The van der Waals surface area contributed by atoms with Crippen molar-refractivity contribution in [3.8, 4) is 23.0 Å². The molecule has 0 spiro atoms. The highest BCUT2D eigenvalue weighted by Crippen LogP contribution is 2.39. The average molecular weight is 443 g/mol. The molecule has 4 aromatic rings. The van der Waals surface area contributed by atoms with E-state index in [1.165, 1.54) is 21.3 Å². The van der Waals surface area contributed by atoms with E-state index in [-0.39, 0.29) is 11.7 Å². The molecule has 1 unspecified atom stereocenters. The molecule has 6 heteroatoms. The molecule has 0 aliphatic carbocycles. The molecule has 33 heavy (non-hydrogen) atoms. The van der Waals surface area contributed by atoms with Crippen molar-refractivity contribution < 1.29 is 24.1 Å². The second-order valence-corrected chi connectivity index (χ2v) is 7.45. The van der Waals surface area contributed by atoms with Gasteiger partial charge in [-0.15, -0.1) is 0 Å². The van der Waals surface area contributed by atoms with Crippen LogP contribution in [0.15, 0.2) is 78.9 Å². The summed E-state index contributed by atoms with van der Waals surface area (Å²) < 4.78 is 16.2. The van der Waals surface area contributed by atoms with Gasteiger partial charge in [0.1, 0.15) is 5.75 Å². The first-order chi connectivity index (χ1) is 16.1. The van der Waals surface area contributed by atoms with Crippen molar-refractivity contribution >= 4 is 16.7 Å². The molecule has 4 aromatic carbocycles. The number of methoxy groups -OCH3 is 3. The zero-order chi connectivity index (χ0) is 23.4. The Hall–Kier alpha value is -4.19. The van der Waals surface area contributed by atoms with Crippen LogP contribution in [0.25, 0.3) is 10.8 Å². The maximum absolute atomic E-state index is 13.4. The lowest BCUT2D eigenvalue weighted by Gasteiger charge is -2.23. The molecule has 0 heterocycles. The number of amides is 1. The summed E-state index contributed by atoms with van der Waals surface area (Å²) in [5.41, 5.74) is 1.80. The van der Waals surface area contributed by atoms with Gasteiger partial charge in [-0.1, -0.05) is 60.7 Å². The van der Waals surface area contributed by atoms with Crippen LogP contribution in [0.1, 0.15) is 27.5 Å². The Kier molecular flexibility index (Phi) is 6.36. The van der Waals surface area contributed by atoms with E-state index in [4.69, 9.17) is 14.2 Å². The van der Waals surface area contributed by atoms with Crippen LogP contribution < -0.4 is 19.5 Å². The van der Waals surface area contributed by atoms with Crippen LogP contribution in [-0.2, 0) is 0 Å². The Morgan fingerprint density at radius 1 is 0.818 bits per heavy atom. The lowest BCUT2D eigenvalue weighted by atomic mass is 9.92. The topological polar surface area (TPSA) is 77.0 Å². The average Bonchev–Trinajstić information content (AvgIpc) is 2.87. The van der Waals surface area contributed by atoms with Crippen molar-refractivity contribution in [1.29, 1.82) is 0 Å². The molecular formula is C27H25NO5. The standard InChI is InChI=1S/C27H25NO5/c1-31-22-15-19(16-23(32-2)26(22)33-3)27(30)28-25(18-10-5-4-6-11-18)24-20-12-8-7-9-17(20)13-14-21(24)29/h4-16,25,29H,1-3H3,(H,28,30). The molecule has 2 N–H and O–H groups in total. The van der Waals surface area contributed by atoms with Crippen LogP contribution >= 0.6 is 0 Å². The van der Waals surface area contributed by atoms with Gasteiger partial charge >= 0.3 is 0 Å². The molecular weight excluding hydrogens is 418 g/mol. The lowest BCUT2D eigenvalue weighted by Crippen LogP contribution is -2.29. The third-order valence-corrected chi connectivity index (χ3v) is 5.57. The summed E-state index contributed by atoms with van der Waals surface area (Å²) in [5, 5.41) is 15.8. The molecule has 168 valence electrons. The summed E-state index contributed by atoms with van der Waals surface area (Å²) >= 11 is 0. The van der Waals surface area contributed by atoms with E-state index in [1.54, 1.807) is 18.2 Å². The molecule has 0 radical (unpaired) electrons. The second kappa shape index (κ2) is 9.53. The molecule has 0 aromatic heterocycles. The molecule has 1 atom stereocenters. The molecule has 0 aliphatic rings. The van der Waals surface area contributed by atoms with Crippen LogP contribution in [0, 0.1) is 0 Å². The first-order valence-electron chi connectivity index (χ1n) is 10.4. The van der Waals surface area contributed by atoms with Crippen LogP contribution in [0.5, 0.6) is 23.0 Å². The summed E-state index contributed by atoms with van der Waals surface area (Å²) in [6.45, 7) is 0. The van der Waals surface area contributed by atoms with Gasteiger partial charge in [0.2, 0.25) is 5.75 Å². The van der Waals surface area contributed by atoms with E-state index in [9.17, 15) is 9.90 Å². The molecule has 0 fully saturated rings. The van der Waals surface area contributed by atoms with Crippen molar-refractivity contribution in [2.24, 2.45) is 0 Å². The van der Waals surface area contributed by atoms with Gasteiger partial charge < -0.3 is 24.6 Å².